The monoisotopic (exact) mass is 600 g/mol. The molecule has 1 aliphatic rings. The van der Waals surface area contributed by atoms with Crippen LogP contribution < -0.4 is 4.74 Å². The number of carbonyl (C=O) groups is 1. The summed E-state index contributed by atoms with van der Waals surface area (Å²) in [5, 5.41) is 1.32. The van der Waals surface area contributed by atoms with E-state index in [4.69, 9.17) is 16.3 Å². The Bertz CT molecular complexity index is 1890. The Morgan fingerprint density at radius 3 is 2.33 bits per heavy atom. The van der Waals surface area contributed by atoms with E-state index in [-0.39, 0.29) is 37.0 Å². The zero-order valence-corrected chi connectivity index (χ0v) is 24.8. The second-order valence-corrected chi connectivity index (χ2v) is 12.4. The normalized spacial score (nSPS) is 14.3. The molecular weight excluding hydrogens is 572 g/mol. The highest BCUT2D eigenvalue weighted by Crippen LogP contribution is 2.34. The van der Waals surface area contributed by atoms with Crippen LogP contribution in [0.1, 0.15) is 16.1 Å². The summed E-state index contributed by atoms with van der Waals surface area (Å²) in [6.45, 7) is 2.81. The molecule has 1 amide bonds. The Hall–Kier alpha value is -4.18. The number of nitrogens with zero attached hydrogens (tertiary/aromatic N) is 4. The van der Waals surface area contributed by atoms with E-state index in [9.17, 15) is 13.2 Å². The Balaban J connectivity index is 1.30. The van der Waals surface area contributed by atoms with Crippen molar-refractivity contribution in [3.63, 3.8) is 0 Å². The Morgan fingerprint density at radius 2 is 1.62 bits per heavy atom. The number of rotatable bonds is 6. The smallest absolute Gasteiger partial charge is 0.255 e. The maximum Gasteiger partial charge on any atom is 0.255 e. The molecule has 1 aliphatic heterocycles. The van der Waals surface area contributed by atoms with Gasteiger partial charge in [0.1, 0.15) is 10.6 Å². The van der Waals surface area contributed by atoms with Crippen molar-refractivity contribution in [1.29, 1.82) is 0 Å². The summed E-state index contributed by atoms with van der Waals surface area (Å²) in [5.41, 5.74) is 4.21. The van der Waals surface area contributed by atoms with E-state index in [0.717, 1.165) is 33.8 Å². The van der Waals surface area contributed by atoms with Gasteiger partial charge in [0.25, 0.3) is 5.91 Å². The molecule has 2 aromatic heterocycles. The number of benzene rings is 3. The molecule has 3 heterocycles. The minimum atomic E-state index is -3.79. The van der Waals surface area contributed by atoms with Crippen LogP contribution in [0.5, 0.6) is 5.75 Å². The maximum absolute atomic E-state index is 13.9. The van der Waals surface area contributed by atoms with E-state index in [2.05, 4.69) is 4.98 Å². The molecule has 0 bridgehead atoms. The molecule has 6 rings (SSSR count). The molecule has 5 aromatic rings. The predicted octanol–water partition coefficient (Wildman–Crippen LogP) is 5.81. The molecule has 0 aliphatic carbocycles. The van der Waals surface area contributed by atoms with Crippen molar-refractivity contribution >= 4 is 38.4 Å². The SMILES string of the molecule is COc1ccc(-c2cc(C(=O)N3CCN(S(=O)(=O)c4cccc5cccnc45)CC3)c(C)n2-c2ccccc2Cl)cc1. The van der Waals surface area contributed by atoms with Gasteiger partial charge in [-0.25, -0.2) is 8.42 Å². The molecule has 0 unspecified atom stereocenters. The number of piperazine rings is 1. The second-order valence-electron chi connectivity index (χ2n) is 10.1. The first-order valence-electron chi connectivity index (χ1n) is 13.5. The number of pyridine rings is 1. The molecule has 0 radical (unpaired) electrons. The highest BCUT2D eigenvalue weighted by atomic mass is 35.5. The number of hydrogen-bond donors (Lipinski definition) is 0. The molecule has 214 valence electrons. The lowest BCUT2D eigenvalue weighted by Crippen LogP contribution is -2.50. The van der Waals surface area contributed by atoms with Gasteiger partial charge in [0.15, 0.2) is 0 Å². The number of carbonyl (C=O) groups excluding carboxylic acids is 1. The van der Waals surface area contributed by atoms with Crippen molar-refractivity contribution in [2.45, 2.75) is 11.8 Å². The molecule has 42 heavy (non-hydrogen) atoms. The van der Waals surface area contributed by atoms with Gasteiger partial charge in [0.2, 0.25) is 10.0 Å². The standard InChI is InChI=1S/C32H29ClN4O4S/c1-22-26(21-29(23-12-14-25(41-2)15-13-23)37(22)28-10-4-3-9-27(28)33)32(38)35-17-19-36(20-18-35)42(39,40)30-11-5-7-24-8-6-16-34-31(24)30/h3-16,21H,17-20H2,1-2H3. The average molecular weight is 601 g/mol. The quantitative estimate of drug-likeness (QED) is 0.246. The lowest BCUT2D eigenvalue weighted by atomic mass is 10.1. The number of amides is 1. The van der Waals surface area contributed by atoms with Crippen molar-refractivity contribution in [3.05, 3.63) is 107 Å². The molecule has 1 fully saturated rings. The van der Waals surface area contributed by atoms with Crippen LogP contribution in [0.15, 0.2) is 96.0 Å². The van der Waals surface area contributed by atoms with Gasteiger partial charge in [-0.3, -0.25) is 9.78 Å². The third-order valence-corrected chi connectivity index (χ3v) is 9.95. The fourth-order valence-corrected chi connectivity index (χ4v) is 7.27. The maximum atomic E-state index is 13.9. The first-order chi connectivity index (χ1) is 20.3. The van der Waals surface area contributed by atoms with Gasteiger partial charge < -0.3 is 14.2 Å². The third kappa shape index (κ3) is 4.93. The zero-order valence-electron chi connectivity index (χ0n) is 23.2. The van der Waals surface area contributed by atoms with Crippen LogP contribution in [-0.4, -0.2) is 66.4 Å². The highest BCUT2D eigenvalue weighted by molar-refractivity contribution is 7.89. The van der Waals surface area contributed by atoms with E-state index in [0.29, 0.717) is 16.1 Å². The molecule has 1 saturated heterocycles. The van der Waals surface area contributed by atoms with Gasteiger partial charge in [0.05, 0.1) is 34.6 Å². The molecule has 0 N–H and O–H groups in total. The summed E-state index contributed by atoms with van der Waals surface area (Å²) in [4.78, 5) is 20.1. The number of aromatic nitrogens is 2. The van der Waals surface area contributed by atoms with Gasteiger partial charge in [-0.1, -0.05) is 41.9 Å². The number of sulfonamides is 1. The summed E-state index contributed by atoms with van der Waals surface area (Å²) in [6.07, 6.45) is 1.59. The predicted molar refractivity (Wildman–Crippen MR) is 164 cm³/mol. The minimum Gasteiger partial charge on any atom is -0.497 e. The summed E-state index contributed by atoms with van der Waals surface area (Å²) < 4.78 is 36.0. The van der Waals surface area contributed by atoms with Crippen LogP contribution in [0.25, 0.3) is 27.8 Å². The van der Waals surface area contributed by atoms with Crippen LogP contribution in [0.3, 0.4) is 0 Å². The summed E-state index contributed by atoms with van der Waals surface area (Å²) in [5.74, 6) is 0.576. The van der Waals surface area contributed by atoms with Crippen LogP contribution >= 0.6 is 11.6 Å². The largest absolute Gasteiger partial charge is 0.497 e. The number of ether oxygens (including phenoxy) is 1. The lowest BCUT2D eigenvalue weighted by Gasteiger charge is -2.34. The van der Waals surface area contributed by atoms with E-state index in [1.807, 2.05) is 78.2 Å². The van der Waals surface area contributed by atoms with Gasteiger partial charge in [0, 0.05) is 43.5 Å². The van der Waals surface area contributed by atoms with E-state index in [1.165, 1.54) is 4.31 Å². The summed E-state index contributed by atoms with van der Waals surface area (Å²) in [6, 6.07) is 25.8. The van der Waals surface area contributed by atoms with Gasteiger partial charge in [-0.2, -0.15) is 4.31 Å². The number of fused-ring (bicyclic) bond motifs is 1. The number of hydrogen-bond acceptors (Lipinski definition) is 5. The fraction of sp³-hybridized carbons (Fsp3) is 0.188. The molecule has 0 saturated carbocycles. The first kappa shape index (κ1) is 28.0. The van der Waals surface area contributed by atoms with Gasteiger partial charge in [-0.05, 0) is 67.1 Å². The summed E-state index contributed by atoms with van der Waals surface area (Å²) in [7, 11) is -2.17. The highest BCUT2D eigenvalue weighted by Gasteiger charge is 2.33. The summed E-state index contributed by atoms with van der Waals surface area (Å²) >= 11 is 6.62. The molecular formula is C32H29ClN4O4S. The van der Waals surface area contributed by atoms with Crippen LogP contribution in [-0.2, 0) is 10.0 Å². The Kier molecular flexibility index (Phi) is 7.49. The van der Waals surface area contributed by atoms with Crippen LogP contribution in [0, 0.1) is 6.92 Å². The minimum absolute atomic E-state index is 0.156. The Morgan fingerprint density at radius 1 is 0.905 bits per heavy atom. The number of methoxy groups -OCH3 is 1. The van der Waals surface area contributed by atoms with Crippen molar-refractivity contribution in [2.24, 2.45) is 0 Å². The second kappa shape index (κ2) is 11.2. The van der Waals surface area contributed by atoms with Crippen LogP contribution in [0.4, 0.5) is 0 Å². The molecule has 0 spiro atoms. The lowest BCUT2D eigenvalue weighted by molar-refractivity contribution is 0.0697. The molecule has 8 nitrogen and oxygen atoms in total. The number of halogens is 1. The van der Waals surface area contributed by atoms with Crippen molar-refractivity contribution in [2.75, 3.05) is 33.3 Å². The van der Waals surface area contributed by atoms with E-state index in [1.54, 1.807) is 36.4 Å². The number of para-hydroxylation sites is 2. The Labute approximate surface area is 249 Å². The van der Waals surface area contributed by atoms with Gasteiger partial charge >= 0.3 is 0 Å². The van der Waals surface area contributed by atoms with E-state index >= 15 is 0 Å². The molecule has 3 aromatic carbocycles. The van der Waals surface area contributed by atoms with Crippen LogP contribution in [0.2, 0.25) is 5.02 Å². The first-order valence-corrected chi connectivity index (χ1v) is 15.4. The van der Waals surface area contributed by atoms with E-state index < -0.39 is 10.0 Å². The van der Waals surface area contributed by atoms with Crippen molar-refractivity contribution in [1.82, 2.24) is 18.8 Å². The molecule has 0 atom stereocenters. The third-order valence-electron chi connectivity index (χ3n) is 7.70. The molecule has 10 heteroatoms. The van der Waals surface area contributed by atoms with Gasteiger partial charge in [-0.15, -0.1) is 0 Å². The fourth-order valence-electron chi connectivity index (χ4n) is 5.47. The van der Waals surface area contributed by atoms with Crippen molar-refractivity contribution < 1.29 is 17.9 Å². The topological polar surface area (TPSA) is 84.7 Å². The zero-order chi connectivity index (χ0) is 29.4. The average Bonchev–Trinajstić information content (AvgIpc) is 3.37. The van der Waals surface area contributed by atoms with Crippen molar-refractivity contribution in [3.8, 4) is 22.7 Å².